The van der Waals surface area contributed by atoms with E-state index in [0.29, 0.717) is 11.0 Å². The number of esters is 2. The van der Waals surface area contributed by atoms with Gasteiger partial charge in [0.25, 0.3) is 0 Å². The number of rotatable bonds is 5. The summed E-state index contributed by atoms with van der Waals surface area (Å²) in [7, 11) is 0. The van der Waals surface area contributed by atoms with E-state index in [4.69, 9.17) is 9.47 Å². The molecule has 0 radical (unpaired) electrons. The summed E-state index contributed by atoms with van der Waals surface area (Å²) in [4.78, 5) is 32.7. The molecular weight excluding hydrogens is 480 g/mol. The zero-order valence-electron chi connectivity index (χ0n) is 16.3. The molecule has 0 saturated heterocycles. The molecule has 0 spiro atoms. The molecule has 0 unspecified atom stereocenters. The minimum absolute atomic E-state index is 0.193. The van der Waals surface area contributed by atoms with Gasteiger partial charge in [-0.3, -0.25) is 4.98 Å². The summed E-state index contributed by atoms with van der Waals surface area (Å²) in [5.74, 6) is -1.20. The monoisotopic (exact) mass is 502 g/mol. The van der Waals surface area contributed by atoms with Crippen LogP contribution in [0.1, 0.15) is 52.9 Å². The van der Waals surface area contributed by atoms with Gasteiger partial charge in [0, 0.05) is 9.80 Å². The van der Waals surface area contributed by atoms with Crippen LogP contribution in [0.2, 0.25) is 0 Å². The van der Waals surface area contributed by atoms with Gasteiger partial charge in [-0.15, -0.1) is 0 Å². The van der Waals surface area contributed by atoms with E-state index in [1.165, 1.54) is 6.08 Å². The van der Waals surface area contributed by atoms with Crippen LogP contribution in [0, 0.1) is 0 Å². The molecule has 0 N–H and O–H groups in total. The Hall–Kier alpha value is -1.54. The summed E-state index contributed by atoms with van der Waals surface area (Å²) in [5.41, 5.74) is 0.0549. The van der Waals surface area contributed by atoms with Crippen LogP contribution in [0.5, 0.6) is 0 Å². The van der Waals surface area contributed by atoms with Gasteiger partial charge in [0.05, 0.1) is 23.2 Å². The van der Waals surface area contributed by atoms with Crippen LogP contribution >= 0.6 is 31.9 Å². The minimum Gasteiger partial charge on any atom is -0.457 e. The van der Waals surface area contributed by atoms with Gasteiger partial charge in [-0.2, -0.15) is 0 Å². The zero-order chi connectivity index (χ0) is 20.8. The molecule has 1 heterocycles. The van der Waals surface area contributed by atoms with Crippen LogP contribution in [0.15, 0.2) is 27.7 Å². The maximum Gasteiger partial charge on any atom is 0.349 e. The molecule has 1 aromatic rings. The number of alkyl halides is 1. The van der Waals surface area contributed by atoms with E-state index in [1.54, 1.807) is 47.6 Å². The number of hydrogen-bond acceptors (Lipinski definition) is 6. The van der Waals surface area contributed by atoms with Crippen molar-refractivity contribution < 1.29 is 19.1 Å². The number of pyridine rings is 1. The Labute approximate surface area is 176 Å². The molecule has 1 aromatic heterocycles. The molecule has 0 aliphatic heterocycles. The summed E-state index contributed by atoms with van der Waals surface area (Å²) >= 11 is 6.76. The van der Waals surface area contributed by atoms with Crippen LogP contribution in [0.25, 0.3) is 5.70 Å². The van der Waals surface area contributed by atoms with Crippen LogP contribution in [-0.2, 0) is 24.4 Å². The lowest BCUT2D eigenvalue weighted by Gasteiger charge is -2.18. The Morgan fingerprint density at radius 3 is 2.15 bits per heavy atom. The normalized spacial score (nSPS) is 13.0. The van der Waals surface area contributed by atoms with Crippen molar-refractivity contribution in [1.29, 1.82) is 0 Å². The summed E-state index contributed by atoms with van der Waals surface area (Å²) in [6.45, 7) is 10.6. The van der Waals surface area contributed by atoms with Crippen molar-refractivity contribution in [3.8, 4) is 0 Å². The van der Waals surface area contributed by atoms with Crippen molar-refractivity contribution in [3.63, 3.8) is 0 Å². The Bertz CT molecular complexity index is 760. The van der Waals surface area contributed by atoms with Gasteiger partial charge in [-0.05, 0) is 53.7 Å². The fourth-order valence-electron chi connectivity index (χ4n) is 1.82. The predicted octanol–water partition coefficient (Wildman–Crippen LogP) is 4.83. The molecule has 27 heavy (non-hydrogen) atoms. The van der Waals surface area contributed by atoms with E-state index in [1.807, 2.05) is 6.07 Å². The van der Waals surface area contributed by atoms with Gasteiger partial charge in [-0.1, -0.05) is 31.9 Å². The average Bonchev–Trinajstić information content (AvgIpc) is 2.47. The second kappa shape index (κ2) is 9.59. The number of carbonyl (C=O) groups excluding carboxylic acids is 2. The standard InChI is InChI=1S/C19H24Br2N2O4/c1-18(2,3)26-16(24)9-14(22-11-17(25)27-19(4,5)6)15-8-12(21)7-13(10-20)23-15/h7-9,11H,10H2,1-6H3. The number of nitrogens with zero attached hydrogens (tertiary/aromatic N) is 2. The van der Waals surface area contributed by atoms with E-state index in [9.17, 15) is 9.59 Å². The highest BCUT2D eigenvalue weighted by atomic mass is 79.9. The molecule has 0 amide bonds. The number of halogens is 2. The molecule has 0 atom stereocenters. The smallest absolute Gasteiger partial charge is 0.349 e. The third kappa shape index (κ3) is 9.81. The second-order valence-electron chi connectivity index (χ2n) is 7.65. The average molecular weight is 504 g/mol. The fourth-order valence-corrected chi connectivity index (χ4v) is 2.59. The number of aliphatic imine (C=N–C) groups is 1. The third-order valence-corrected chi connectivity index (χ3v) is 3.65. The largest absolute Gasteiger partial charge is 0.457 e. The van der Waals surface area contributed by atoms with Crippen molar-refractivity contribution in [1.82, 2.24) is 4.98 Å². The molecule has 0 bridgehead atoms. The van der Waals surface area contributed by atoms with Crippen molar-refractivity contribution in [3.05, 3.63) is 34.1 Å². The Kier molecular flexibility index (Phi) is 8.35. The lowest BCUT2D eigenvalue weighted by molar-refractivity contribution is -0.148. The van der Waals surface area contributed by atoms with E-state index < -0.39 is 23.1 Å². The van der Waals surface area contributed by atoms with Crippen molar-refractivity contribution >= 4 is 55.7 Å². The van der Waals surface area contributed by atoms with Gasteiger partial charge < -0.3 is 9.47 Å². The second-order valence-corrected chi connectivity index (χ2v) is 9.13. The molecule has 0 fully saturated rings. The number of carbonyl (C=O) groups is 2. The Morgan fingerprint density at radius 1 is 1.07 bits per heavy atom. The lowest BCUT2D eigenvalue weighted by Crippen LogP contribution is -2.24. The lowest BCUT2D eigenvalue weighted by atomic mass is 10.2. The van der Waals surface area contributed by atoms with Crippen LogP contribution in [0.4, 0.5) is 0 Å². The first-order valence-electron chi connectivity index (χ1n) is 8.23. The molecule has 148 valence electrons. The first-order valence-corrected chi connectivity index (χ1v) is 10.1. The summed E-state index contributed by atoms with van der Waals surface area (Å²) < 4.78 is 11.3. The summed E-state index contributed by atoms with van der Waals surface area (Å²) in [6.07, 6.45) is 2.23. The Morgan fingerprint density at radius 2 is 1.63 bits per heavy atom. The van der Waals surface area contributed by atoms with Crippen LogP contribution in [0.3, 0.4) is 0 Å². The van der Waals surface area contributed by atoms with E-state index in [2.05, 4.69) is 41.8 Å². The molecule has 8 heteroatoms. The number of aromatic nitrogens is 1. The quantitative estimate of drug-likeness (QED) is 0.249. The summed E-state index contributed by atoms with van der Waals surface area (Å²) in [5, 5.41) is 0.523. The van der Waals surface area contributed by atoms with Crippen molar-refractivity contribution in [2.24, 2.45) is 4.99 Å². The first kappa shape index (κ1) is 23.5. The molecule has 0 saturated carbocycles. The van der Waals surface area contributed by atoms with E-state index >= 15 is 0 Å². The van der Waals surface area contributed by atoms with E-state index in [-0.39, 0.29) is 5.70 Å². The summed E-state index contributed by atoms with van der Waals surface area (Å²) in [6, 6.07) is 3.54. The highest BCUT2D eigenvalue weighted by molar-refractivity contribution is 9.10. The fraction of sp³-hybridized carbons (Fsp3) is 0.474. The minimum atomic E-state index is -0.653. The molecule has 0 aliphatic rings. The van der Waals surface area contributed by atoms with Crippen molar-refractivity contribution in [2.45, 2.75) is 58.1 Å². The first-order chi connectivity index (χ1) is 12.3. The molecule has 1 rings (SSSR count). The van der Waals surface area contributed by atoms with Gasteiger partial charge in [0.1, 0.15) is 17.4 Å². The Balaban J connectivity index is 3.26. The predicted molar refractivity (Wildman–Crippen MR) is 113 cm³/mol. The van der Waals surface area contributed by atoms with Crippen LogP contribution in [-0.4, -0.2) is 34.3 Å². The van der Waals surface area contributed by atoms with Gasteiger partial charge >= 0.3 is 11.9 Å². The van der Waals surface area contributed by atoms with Gasteiger partial charge in [0.2, 0.25) is 0 Å². The number of ether oxygens (including phenoxy) is 2. The SMILES string of the molecule is CC(C)(C)OC(=O)C=NC(=CC(=O)OC(C)(C)C)c1cc(Br)cc(CBr)n1. The van der Waals surface area contributed by atoms with Gasteiger partial charge in [0.15, 0.2) is 0 Å². The number of hydrogen-bond donors (Lipinski definition) is 0. The topological polar surface area (TPSA) is 77.8 Å². The highest BCUT2D eigenvalue weighted by Crippen LogP contribution is 2.22. The molecular formula is C19H24Br2N2O4. The molecule has 0 aliphatic carbocycles. The maximum atomic E-state index is 12.2. The highest BCUT2D eigenvalue weighted by Gasteiger charge is 2.18. The van der Waals surface area contributed by atoms with E-state index in [0.717, 1.165) is 16.4 Å². The maximum absolute atomic E-state index is 12.2. The van der Waals surface area contributed by atoms with Gasteiger partial charge in [-0.25, -0.2) is 14.6 Å². The molecule has 0 aromatic carbocycles. The molecule has 6 nitrogen and oxygen atoms in total. The third-order valence-electron chi connectivity index (χ3n) is 2.62. The van der Waals surface area contributed by atoms with Crippen LogP contribution < -0.4 is 0 Å². The zero-order valence-corrected chi connectivity index (χ0v) is 19.5. The van der Waals surface area contributed by atoms with Crippen molar-refractivity contribution in [2.75, 3.05) is 0 Å².